The lowest BCUT2D eigenvalue weighted by Crippen LogP contribution is -2.29. The second kappa shape index (κ2) is 4.50. The zero-order chi connectivity index (χ0) is 13.4. The second-order valence-electron chi connectivity index (χ2n) is 5.43. The molecule has 0 aliphatic heterocycles. The van der Waals surface area contributed by atoms with Crippen molar-refractivity contribution < 1.29 is 13.2 Å². The first-order chi connectivity index (χ1) is 8.31. The van der Waals surface area contributed by atoms with Gasteiger partial charge in [-0.15, -0.1) is 0 Å². The number of ketones is 1. The van der Waals surface area contributed by atoms with Crippen LogP contribution in [0.4, 0.5) is 0 Å². The number of rotatable bonds is 2. The van der Waals surface area contributed by atoms with Crippen molar-refractivity contribution in [1.82, 2.24) is 0 Å². The summed E-state index contributed by atoms with van der Waals surface area (Å²) in [6, 6.07) is 6.95. The van der Waals surface area contributed by atoms with E-state index in [1.807, 2.05) is 12.1 Å². The molecule has 2 rings (SSSR count). The van der Waals surface area contributed by atoms with Gasteiger partial charge in [-0.2, -0.15) is 0 Å². The molecule has 1 aliphatic rings. The maximum absolute atomic E-state index is 11.6. The van der Waals surface area contributed by atoms with Gasteiger partial charge in [0.2, 0.25) is 0 Å². The Bertz CT molecular complexity index is 557. The van der Waals surface area contributed by atoms with Crippen molar-refractivity contribution in [3.05, 3.63) is 29.8 Å². The van der Waals surface area contributed by atoms with E-state index in [0.717, 1.165) is 18.4 Å². The summed E-state index contributed by atoms with van der Waals surface area (Å²) in [5.41, 5.74) is 0.925. The minimum Gasteiger partial charge on any atom is -0.300 e. The van der Waals surface area contributed by atoms with E-state index in [1.54, 1.807) is 12.1 Å². The molecule has 0 saturated heterocycles. The van der Waals surface area contributed by atoms with Crippen molar-refractivity contribution in [2.24, 2.45) is 0 Å². The third-order valence-electron chi connectivity index (χ3n) is 3.75. The van der Waals surface area contributed by atoms with Gasteiger partial charge in [0.15, 0.2) is 9.84 Å². The maximum Gasteiger partial charge on any atom is 0.175 e. The molecule has 1 unspecified atom stereocenters. The molecule has 3 nitrogen and oxygen atoms in total. The molecule has 0 heterocycles. The first-order valence-corrected chi connectivity index (χ1v) is 8.03. The molecule has 1 aromatic rings. The highest BCUT2D eigenvalue weighted by Gasteiger charge is 2.32. The quantitative estimate of drug-likeness (QED) is 0.826. The highest BCUT2D eigenvalue weighted by atomic mass is 32.2. The molecule has 0 amide bonds. The minimum absolute atomic E-state index is 0.134. The van der Waals surface area contributed by atoms with Crippen molar-refractivity contribution in [3.63, 3.8) is 0 Å². The van der Waals surface area contributed by atoms with E-state index in [0.29, 0.717) is 23.5 Å². The van der Waals surface area contributed by atoms with Crippen LogP contribution in [-0.2, 0) is 20.0 Å². The van der Waals surface area contributed by atoms with E-state index >= 15 is 0 Å². The molecule has 1 aliphatic carbocycles. The molecular formula is C14H18O3S. The van der Waals surface area contributed by atoms with Crippen molar-refractivity contribution in [2.45, 2.75) is 42.9 Å². The Hall–Kier alpha value is -1.16. The van der Waals surface area contributed by atoms with Gasteiger partial charge in [-0.25, -0.2) is 8.42 Å². The number of carbonyl (C=O) groups is 1. The third kappa shape index (κ3) is 2.64. The Balaban J connectivity index is 2.32. The van der Waals surface area contributed by atoms with Gasteiger partial charge >= 0.3 is 0 Å². The van der Waals surface area contributed by atoms with E-state index in [-0.39, 0.29) is 5.41 Å². The Labute approximate surface area is 108 Å². The van der Waals surface area contributed by atoms with Crippen LogP contribution in [0.25, 0.3) is 0 Å². The van der Waals surface area contributed by atoms with E-state index in [4.69, 9.17) is 0 Å². The van der Waals surface area contributed by atoms with Crippen LogP contribution in [0.15, 0.2) is 29.2 Å². The molecule has 18 heavy (non-hydrogen) atoms. The normalized spacial score (nSPS) is 25.1. The fourth-order valence-electron chi connectivity index (χ4n) is 2.64. The van der Waals surface area contributed by atoms with Gasteiger partial charge in [-0.3, -0.25) is 4.79 Å². The summed E-state index contributed by atoms with van der Waals surface area (Å²) in [7, 11) is -3.15. The van der Waals surface area contributed by atoms with Gasteiger partial charge in [0.1, 0.15) is 5.78 Å². The molecule has 1 aromatic carbocycles. The molecule has 4 heteroatoms. The van der Waals surface area contributed by atoms with Gasteiger partial charge in [0.25, 0.3) is 0 Å². The smallest absolute Gasteiger partial charge is 0.175 e. The number of benzene rings is 1. The lowest BCUT2D eigenvalue weighted by Gasteiger charge is -2.33. The lowest BCUT2D eigenvalue weighted by molar-refractivity contribution is -0.121. The fourth-order valence-corrected chi connectivity index (χ4v) is 3.27. The van der Waals surface area contributed by atoms with Crippen LogP contribution in [0.5, 0.6) is 0 Å². The minimum atomic E-state index is -3.15. The van der Waals surface area contributed by atoms with Crippen LogP contribution >= 0.6 is 0 Å². The molecule has 1 fully saturated rings. The first-order valence-electron chi connectivity index (χ1n) is 6.14. The highest BCUT2D eigenvalue weighted by Crippen LogP contribution is 2.37. The van der Waals surface area contributed by atoms with Crippen LogP contribution in [0, 0.1) is 0 Å². The van der Waals surface area contributed by atoms with Crippen molar-refractivity contribution in [3.8, 4) is 0 Å². The number of sulfone groups is 1. The largest absolute Gasteiger partial charge is 0.300 e. The molecule has 1 saturated carbocycles. The zero-order valence-electron chi connectivity index (χ0n) is 10.8. The first kappa shape index (κ1) is 13.3. The zero-order valence-corrected chi connectivity index (χ0v) is 11.6. The van der Waals surface area contributed by atoms with Crippen molar-refractivity contribution >= 4 is 15.6 Å². The van der Waals surface area contributed by atoms with E-state index in [1.165, 1.54) is 6.26 Å². The van der Waals surface area contributed by atoms with E-state index in [9.17, 15) is 13.2 Å². The number of carbonyl (C=O) groups excluding carboxylic acids is 1. The van der Waals surface area contributed by atoms with Crippen molar-refractivity contribution in [1.29, 1.82) is 0 Å². The van der Waals surface area contributed by atoms with Crippen LogP contribution in [0.3, 0.4) is 0 Å². The molecule has 0 bridgehead atoms. The van der Waals surface area contributed by atoms with E-state index in [2.05, 4.69) is 6.92 Å². The fraction of sp³-hybridized carbons (Fsp3) is 0.500. The Kier molecular flexibility index (Phi) is 3.32. The number of Topliss-reactive ketones (excluding diaryl/α,β-unsaturated/α-hetero) is 1. The standard InChI is InChI=1S/C14H18O3S/c1-14(9-3-4-12(15)10-14)11-5-7-13(8-6-11)18(2,16)17/h5-8H,3-4,9-10H2,1-2H3. The van der Waals surface area contributed by atoms with Gasteiger partial charge in [-0.1, -0.05) is 19.1 Å². The Morgan fingerprint density at radius 1 is 1.17 bits per heavy atom. The third-order valence-corrected chi connectivity index (χ3v) is 4.88. The van der Waals surface area contributed by atoms with Gasteiger partial charge in [0.05, 0.1) is 4.90 Å². The number of hydrogen-bond acceptors (Lipinski definition) is 3. The molecule has 0 spiro atoms. The predicted octanol–water partition coefficient (Wildman–Crippen LogP) is 2.49. The summed E-state index contributed by atoms with van der Waals surface area (Å²) in [6.45, 7) is 2.08. The predicted molar refractivity (Wildman–Crippen MR) is 70.4 cm³/mol. The van der Waals surface area contributed by atoms with Crippen LogP contribution in [0.1, 0.15) is 38.2 Å². The van der Waals surface area contributed by atoms with E-state index < -0.39 is 9.84 Å². The summed E-state index contributed by atoms with van der Waals surface area (Å²) < 4.78 is 22.8. The Morgan fingerprint density at radius 3 is 2.28 bits per heavy atom. The topological polar surface area (TPSA) is 51.2 Å². The van der Waals surface area contributed by atoms with Gasteiger partial charge in [-0.05, 0) is 36.0 Å². The summed E-state index contributed by atoms with van der Waals surface area (Å²) in [5.74, 6) is 0.302. The SMILES string of the molecule is CC1(c2ccc(S(C)(=O)=O)cc2)CCCC(=O)C1. The Morgan fingerprint density at radius 2 is 1.78 bits per heavy atom. The summed E-state index contributed by atoms with van der Waals surface area (Å²) >= 11 is 0. The van der Waals surface area contributed by atoms with Crippen LogP contribution < -0.4 is 0 Å². The van der Waals surface area contributed by atoms with Gasteiger partial charge < -0.3 is 0 Å². The maximum atomic E-state index is 11.6. The summed E-state index contributed by atoms with van der Waals surface area (Å²) in [6.07, 6.45) is 4.34. The molecule has 98 valence electrons. The van der Waals surface area contributed by atoms with Gasteiger partial charge in [0, 0.05) is 19.1 Å². The number of hydrogen-bond donors (Lipinski definition) is 0. The second-order valence-corrected chi connectivity index (χ2v) is 7.44. The highest BCUT2D eigenvalue weighted by molar-refractivity contribution is 7.90. The molecule has 0 aromatic heterocycles. The average Bonchev–Trinajstić information content (AvgIpc) is 2.28. The summed E-state index contributed by atoms with van der Waals surface area (Å²) in [4.78, 5) is 11.9. The van der Waals surface area contributed by atoms with Crippen LogP contribution in [0.2, 0.25) is 0 Å². The molecular weight excluding hydrogens is 248 g/mol. The molecule has 0 radical (unpaired) electrons. The van der Waals surface area contributed by atoms with Crippen molar-refractivity contribution in [2.75, 3.05) is 6.26 Å². The molecule has 0 N–H and O–H groups in total. The lowest BCUT2D eigenvalue weighted by atomic mass is 9.70. The summed E-state index contributed by atoms with van der Waals surface area (Å²) in [5, 5.41) is 0. The molecule has 1 atom stereocenters. The monoisotopic (exact) mass is 266 g/mol. The average molecular weight is 266 g/mol. The van der Waals surface area contributed by atoms with Crippen LogP contribution in [-0.4, -0.2) is 20.5 Å².